The predicted molar refractivity (Wildman–Crippen MR) is 96.6 cm³/mol. The molecule has 2 unspecified atom stereocenters. The Morgan fingerprint density at radius 1 is 0.857 bits per heavy atom. The van der Waals surface area contributed by atoms with Gasteiger partial charge in [-0.3, -0.25) is 19.2 Å². The van der Waals surface area contributed by atoms with Crippen molar-refractivity contribution in [2.45, 2.75) is 24.9 Å². The molecule has 0 amide bonds. The quantitative estimate of drug-likeness (QED) is 0.208. The van der Waals surface area contributed by atoms with Crippen LogP contribution in [0.2, 0.25) is 0 Å². The van der Waals surface area contributed by atoms with Crippen molar-refractivity contribution in [3.63, 3.8) is 0 Å². The first-order chi connectivity index (χ1) is 13.0. The number of carboxylic acid groups (broad SMARTS) is 2. The summed E-state index contributed by atoms with van der Waals surface area (Å²) in [6, 6.07) is 2.04. The second-order valence-electron chi connectivity index (χ2n) is 5.90. The number of phenols is 2. The summed E-state index contributed by atoms with van der Waals surface area (Å²) in [4.78, 5) is 42.4. The number of phenolic OH excluding ortho intramolecular Hbond substituents is 2. The third-order valence-corrected chi connectivity index (χ3v) is 3.59. The molecule has 8 N–H and O–H groups in total. The molecular formula is C18H20N2O8. The Morgan fingerprint density at radius 2 is 1.43 bits per heavy atom. The SMILES string of the molecule is NC(CC1=CC(=O)C(=O)C=C1)C(=O)O.NC(Cc1ccc(O)c(O)c1)C(=O)O. The highest BCUT2D eigenvalue weighted by molar-refractivity contribution is 6.46. The highest BCUT2D eigenvalue weighted by atomic mass is 16.4. The number of rotatable bonds is 6. The van der Waals surface area contributed by atoms with E-state index in [1.54, 1.807) is 0 Å². The number of carbonyl (C=O) groups is 4. The first-order valence-corrected chi connectivity index (χ1v) is 7.95. The van der Waals surface area contributed by atoms with Crippen molar-refractivity contribution < 1.29 is 39.6 Å². The Morgan fingerprint density at radius 3 is 1.93 bits per heavy atom. The van der Waals surface area contributed by atoms with Crippen molar-refractivity contribution >= 4 is 23.5 Å². The van der Waals surface area contributed by atoms with Crippen molar-refractivity contribution in [1.82, 2.24) is 0 Å². The zero-order valence-corrected chi connectivity index (χ0v) is 14.6. The molecule has 0 fully saturated rings. The average Bonchev–Trinajstić information content (AvgIpc) is 2.61. The smallest absolute Gasteiger partial charge is 0.320 e. The summed E-state index contributed by atoms with van der Waals surface area (Å²) < 4.78 is 0. The third-order valence-electron chi connectivity index (χ3n) is 3.59. The second kappa shape index (κ2) is 10.00. The molecule has 2 rings (SSSR count). The van der Waals surface area contributed by atoms with Gasteiger partial charge in [-0.2, -0.15) is 0 Å². The van der Waals surface area contributed by atoms with E-state index >= 15 is 0 Å². The van der Waals surface area contributed by atoms with E-state index in [-0.39, 0.29) is 24.3 Å². The van der Waals surface area contributed by atoms with Crippen molar-refractivity contribution in [2.75, 3.05) is 0 Å². The largest absolute Gasteiger partial charge is 0.504 e. The van der Waals surface area contributed by atoms with E-state index in [1.807, 2.05) is 0 Å². The van der Waals surface area contributed by atoms with Gasteiger partial charge >= 0.3 is 11.9 Å². The van der Waals surface area contributed by atoms with Gasteiger partial charge in [0, 0.05) is 0 Å². The lowest BCUT2D eigenvalue weighted by Crippen LogP contribution is -2.32. The molecule has 0 saturated carbocycles. The number of carbonyl (C=O) groups excluding carboxylic acids is 2. The summed E-state index contributed by atoms with van der Waals surface area (Å²) >= 11 is 0. The molecule has 150 valence electrons. The number of allylic oxidation sites excluding steroid dienone is 3. The molecular weight excluding hydrogens is 372 g/mol. The molecule has 0 spiro atoms. The molecule has 0 aliphatic heterocycles. The van der Waals surface area contributed by atoms with Gasteiger partial charge in [0.15, 0.2) is 11.5 Å². The van der Waals surface area contributed by atoms with Crippen LogP contribution < -0.4 is 11.5 Å². The molecule has 0 bridgehead atoms. The van der Waals surface area contributed by atoms with Crippen LogP contribution in [0.5, 0.6) is 11.5 Å². The second-order valence-corrected chi connectivity index (χ2v) is 5.90. The average molecular weight is 392 g/mol. The molecule has 10 heteroatoms. The zero-order valence-electron chi connectivity index (χ0n) is 14.6. The minimum absolute atomic E-state index is 0.0465. The van der Waals surface area contributed by atoms with E-state index in [1.165, 1.54) is 24.3 Å². The lowest BCUT2D eigenvalue weighted by Gasteiger charge is -2.08. The number of benzene rings is 1. The van der Waals surface area contributed by atoms with E-state index in [0.29, 0.717) is 11.1 Å². The minimum atomic E-state index is -1.14. The van der Waals surface area contributed by atoms with Crippen molar-refractivity contribution in [1.29, 1.82) is 0 Å². The van der Waals surface area contributed by atoms with Crippen LogP contribution in [0.4, 0.5) is 0 Å². The fourth-order valence-corrected chi connectivity index (χ4v) is 2.06. The van der Waals surface area contributed by atoms with Crippen LogP contribution in [0, 0.1) is 0 Å². The van der Waals surface area contributed by atoms with Crippen LogP contribution >= 0.6 is 0 Å². The molecule has 28 heavy (non-hydrogen) atoms. The normalized spacial score (nSPS) is 15.1. The van der Waals surface area contributed by atoms with E-state index in [2.05, 4.69) is 0 Å². The molecule has 2 atom stereocenters. The zero-order chi connectivity index (χ0) is 21.4. The van der Waals surface area contributed by atoms with Gasteiger partial charge in [0.05, 0.1) is 0 Å². The van der Waals surface area contributed by atoms with E-state index in [9.17, 15) is 19.2 Å². The summed E-state index contributed by atoms with van der Waals surface area (Å²) in [6.07, 6.45) is 3.80. The molecule has 1 aromatic rings. The number of ketones is 2. The van der Waals surface area contributed by atoms with Gasteiger partial charge in [-0.05, 0) is 48.3 Å². The number of carboxylic acids is 2. The van der Waals surface area contributed by atoms with Crippen LogP contribution in [0.25, 0.3) is 0 Å². The van der Waals surface area contributed by atoms with Gasteiger partial charge in [-0.1, -0.05) is 12.1 Å². The first-order valence-electron chi connectivity index (χ1n) is 7.95. The van der Waals surface area contributed by atoms with Crippen LogP contribution in [-0.4, -0.2) is 56.0 Å². The topological polar surface area (TPSA) is 201 Å². The van der Waals surface area contributed by atoms with Gasteiger partial charge in [-0.25, -0.2) is 0 Å². The first kappa shape index (κ1) is 22.5. The molecule has 1 aliphatic rings. The highest BCUT2D eigenvalue weighted by Gasteiger charge is 2.18. The van der Waals surface area contributed by atoms with Crippen molar-refractivity contribution in [3.8, 4) is 11.5 Å². The van der Waals surface area contributed by atoms with Crippen LogP contribution in [0.3, 0.4) is 0 Å². The Labute approximate surface area is 159 Å². The fourth-order valence-electron chi connectivity index (χ4n) is 2.06. The fraction of sp³-hybridized carbons (Fsp3) is 0.222. The molecule has 0 radical (unpaired) electrons. The number of nitrogens with two attached hydrogens (primary N) is 2. The standard InChI is InChI=1S/C9H11NO4.C9H9NO4/c2*10-6(9(13)14)3-5-1-2-7(11)8(12)4-5/h1-2,4,6,11-12H,3,10H2,(H,13,14);1-2,4,6H,3,10H2,(H,13,14). The Hall–Kier alpha value is -3.50. The Kier molecular flexibility index (Phi) is 8.05. The monoisotopic (exact) mass is 392 g/mol. The number of aliphatic carboxylic acids is 2. The highest BCUT2D eigenvalue weighted by Crippen LogP contribution is 2.25. The minimum Gasteiger partial charge on any atom is -0.504 e. The summed E-state index contributed by atoms with van der Waals surface area (Å²) in [5.41, 5.74) is 11.6. The molecule has 0 saturated heterocycles. The van der Waals surface area contributed by atoms with Crippen LogP contribution in [0.1, 0.15) is 12.0 Å². The number of hydrogen-bond donors (Lipinski definition) is 6. The maximum absolute atomic E-state index is 10.9. The van der Waals surface area contributed by atoms with E-state index in [0.717, 1.165) is 12.2 Å². The predicted octanol–water partition coefficient (Wildman–Crippen LogP) is -0.525. The maximum atomic E-state index is 10.9. The summed E-state index contributed by atoms with van der Waals surface area (Å²) in [7, 11) is 0. The molecule has 1 aromatic carbocycles. The van der Waals surface area contributed by atoms with Crippen LogP contribution in [-0.2, 0) is 25.6 Å². The van der Waals surface area contributed by atoms with Crippen molar-refractivity contribution in [2.24, 2.45) is 11.5 Å². The number of hydrogen-bond acceptors (Lipinski definition) is 8. The third kappa shape index (κ3) is 7.02. The summed E-state index contributed by atoms with van der Waals surface area (Å²) in [6.45, 7) is 0. The summed E-state index contributed by atoms with van der Waals surface area (Å²) in [5.74, 6) is -3.99. The Balaban J connectivity index is 0.000000280. The van der Waals surface area contributed by atoms with Gasteiger partial charge in [0.25, 0.3) is 0 Å². The summed E-state index contributed by atoms with van der Waals surface area (Å²) in [5, 5.41) is 35.1. The molecule has 1 aliphatic carbocycles. The van der Waals surface area contributed by atoms with Crippen LogP contribution in [0.15, 0.2) is 42.0 Å². The molecule has 0 aromatic heterocycles. The maximum Gasteiger partial charge on any atom is 0.320 e. The van der Waals surface area contributed by atoms with Gasteiger partial charge in [-0.15, -0.1) is 0 Å². The van der Waals surface area contributed by atoms with Gasteiger partial charge < -0.3 is 31.9 Å². The van der Waals surface area contributed by atoms with E-state index < -0.39 is 35.6 Å². The number of aromatic hydroxyl groups is 2. The molecule has 10 nitrogen and oxygen atoms in total. The Bertz CT molecular complexity index is 844. The van der Waals surface area contributed by atoms with Crippen molar-refractivity contribution in [3.05, 3.63) is 47.6 Å². The lowest BCUT2D eigenvalue weighted by atomic mass is 9.99. The lowest BCUT2D eigenvalue weighted by molar-refractivity contribution is -0.139. The van der Waals surface area contributed by atoms with Gasteiger partial charge in [0.2, 0.25) is 11.6 Å². The van der Waals surface area contributed by atoms with E-state index in [4.69, 9.17) is 31.9 Å². The molecule has 0 heterocycles. The van der Waals surface area contributed by atoms with Gasteiger partial charge in [0.1, 0.15) is 12.1 Å².